The number of halogens is 2. The highest BCUT2D eigenvalue weighted by atomic mass is 35.7. The van der Waals surface area contributed by atoms with Crippen LogP contribution in [0, 0.1) is 0 Å². The molecule has 4 heteroatoms. The number of hydrogen-bond acceptors (Lipinski definition) is 1. The number of benzene rings is 1. The third-order valence-electron chi connectivity index (χ3n) is 2.14. The van der Waals surface area contributed by atoms with Crippen molar-refractivity contribution in [2.24, 2.45) is 0 Å². The van der Waals surface area contributed by atoms with E-state index >= 15 is 0 Å². The van der Waals surface area contributed by atoms with Crippen LogP contribution in [0.3, 0.4) is 0 Å². The summed E-state index contributed by atoms with van der Waals surface area (Å²) < 4.78 is 5.57. The molecule has 0 aliphatic heterocycles. The Morgan fingerprint density at radius 1 is 1.31 bits per heavy atom. The second-order valence-electron chi connectivity index (χ2n) is 3.80. The first-order valence-corrected chi connectivity index (χ1v) is 9.97. The van der Waals surface area contributed by atoms with E-state index in [1.165, 1.54) is 0 Å². The van der Waals surface area contributed by atoms with Crippen LogP contribution in [0.4, 0.5) is 0 Å². The van der Waals surface area contributed by atoms with E-state index in [0.717, 1.165) is 23.8 Å². The van der Waals surface area contributed by atoms with E-state index in [1.54, 1.807) is 0 Å². The van der Waals surface area contributed by atoms with E-state index < -0.39 is 6.69 Å². The van der Waals surface area contributed by atoms with Gasteiger partial charge in [-0.05, 0) is 36.7 Å². The molecule has 0 heterocycles. The van der Waals surface area contributed by atoms with Gasteiger partial charge in [0.25, 0.3) is 0 Å². The maximum absolute atomic E-state index is 5.99. The molecule has 1 aromatic rings. The summed E-state index contributed by atoms with van der Waals surface area (Å²) in [6, 6.07) is 8.69. The van der Waals surface area contributed by atoms with Gasteiger partial charge in [-0.25, -0.2) is 0 Å². The van der Waals surface area contributed by atoms with Crippen molar-refractivity contribution < 1.29 is 4.74 Å². The lowest BCUT2D eigenvalue weighted by Gasteiger charge is -2.10. The fourth-order valence-electron chi connectivity index (χ4n) is 1.27. The van der Waals surface area contributed by atoms with E-state index in [1.807, 2.05) is 36.9 Å². The van der Waals surface area contributed by atoms with Crippen LogP contribution < -0.4 is 4.74 Å². The summed E-state index contributed by atoms with van der Waals surface area (Å²) in [5.74, 6) is 0.873. The zero-order valence-corrected chi connectivity index (χ0v) is 11.9. The van der Waals surface area contributed by atoms with Crippen LogP contribution in [0.2, 0.25) is 12.6 Å². The van der Waals surface area contributed by atoms with Crippen LogP contribution >= 0.6 is 22.2 Å². The third-order valence-corrected chi connectivity index (χ3v) is 4.51. The molecule has 0 spiro atoms. The van der Waals surface area contributed by atoms with Crippen LogP contribution in [-0.2, 0) is 0 Å². The van der Waals surface area contributed by atoms with Gasteiger partial charge in [0.1, 0.15) is 5.75 Å². The molecule has 0 N–H and O–H groups in total. The first kappa shape index (κ1) is 13.6. The molecule has 0 saturated carbocycles. The minimum atomic E-state index is -1.96. The molecular formula is C12H16Cl2OSi. The molecule has 0 fully saturated rings. The summed E-state index contributed by atoms with van der Waals surface area (Å²) in [5, 5.41) is 0. The van der Waals surface area contributed by atoms with Crippen LogP contribution in [0.15, 0.2) is 30.8 Å². The number of rotatable bonds is 6. The van der Waals surface area contributed by atoms with Gasteiger partial charge in [0, 0.05) is 0 Å². The van der Waals surface area contributed by atoms with Crippen LogP contribution in [0.1, 0.15) is 12.0 Å². The average Bonchev–Trinajstić information content (AvgIpc) is 2.24. The zero-order valence-electron chi connectivity index (χ0n) is 9.38. The smallest absolute Gasteiger partial charge is 0.248 e. The summed E-state index contributed by atoms with van der Waals surface area (Å²) in [5.41, 5.74) is 1.09. The normalized spacial score (nSPS) is 11.2. The van der Waals surface area contributed by atoms with Gasteiger partial charge < -0.3 is 4.74 Å². The van der Waals surface area contributed by atoms with Crippen molar-refractivity contribution in [1.29, 1.82) is 0 Å². The lowest BCUT2D eigenvalue weighted by Crippen LogP contribution is -2.13. The molecule has 1 aromatic carbocycles. The SMILES string of the molecule is C=Cc1ccc(OCCC[Si](C)(Cl)Cl)cc1. The number of hydrogen-bond donors (Lipinski definition) is 0. The quantitative estimate of drug-likeness (QED) is 0.417. The van der Waals surface area contributed by atoms with Crippen molar-refractivity contribution in [3.8, 4) is 5.75 Å². The highest BCUT2D eigenvalue weighted by molar-refractivity contribution is 7.44. The number of ether oxygens (including phenoxy) is 1. The Hall–Kier alpha value is -0.443. The Labute approximate surface area is 107 Å². The summed E-state index contributed by atoms with van der Waals surface area (Å²) in [4.78, 5) is 0. The molecule has 1 rings (SSSR count). The van der Waals surface area contributed by atoms with Gasteiger partial charge >= 0.3 is 0 Å². The fourth-order valence-corrected chi connectivity index (χ4v) is 2.84. The Bertz CT molecular complexity index is 330. The molecule has 0 bridgehead atoms. The molecule has 0 aliphatic rings. The highest BCUT2D eigenvalue weighted by Gasteiger charge is 2.19. The van der Waals surface area contributed by atoms with E-state index in [9.17, 15) is 0 Å². The summed E-state index contributed by atoms with van der Waals surface area (Å²) in [7, 11) is 0. The highest BCUT2D eigenvalue weighted by Crippen LogP contribution is 2.21. The van der Waals surface area contributed by atoms with E-state index in [2.05, 4.69) is 6.58 Å². The van der Waals surface area contributed by atoms with Crippen LogP contribution in [-0.4, -0.2) is 13.3 Å². The molecule has 16 heavy (non-hydrogen) atoms. The van der Waals surface area contributed by atoms with E-state index in [0.29, 0.717) is 6.61 Å². The Kier molecular flexibility index (Phi) is 5.39. The Morgan fingerprint density at radius 3 is 2.44 bits per heavy atom. The predicted molar refractivity (Wildman–Crippen MR) is 74.8 cm³/mol. The van der Waals surface area contributed by atoms with Crippen LogP contribution in [0.5, 0.6) is 5.75 Å². The van der Waals surface area contributed by atoms with Gasteiger partial charge in [-0.1, -0.05) is 24.8 Å². The molecule has 1 nitrogen and oxygen atoms in total. The van der Waals surface area contributed by atoms with Gasteiger partial charge in [-0.3, -0.25) is 0 Å². The van der Waals surface area contributed by atoms with Crippen molar-refractivity contribution in [2.75, 3.05) is 6.61 Å². The molecule has 0 aliphatic carbocycles. The van der Waals surface area contributed by atoms with E-state index in [-0.39, 0.29) is 0 Å². The second kappa shape index (κ2) is 6.33. The Balaban J connectivity index is 2.29. The first-order chi connectivity index (χ1) is 7.51. The standard InChI is InChI=1S/C12H16Cl2OSi/c1-3-11-5-7-12(8-6-11)15-9-4-10-16(2,13)14/h3,5-8H,1,4,9-10H2,2H3. The minimum Gasteiger partial charge on any atom is -0.494 e. The Morgan fingerprint density at radius 2 is 1.94 bits per heavy atom. The second-order valence-corrected chi connectivity index (χ2v) is 12.0. The first-order valence-electron chi connectivity index (χ1n) is 5.24. The molecule has 0 radical (unpaired) electrons. The largest absolute Gasteiger partial charge is 0.494 e. The molecular weight excluding hydrogens is 259 g/mol. The van der Waals surface area contributed by atoms with Crippen molar-refractivity contribution >= 4 is 34.9 Å². The molecule has 0 atom stereocenters. The van der Waals surface area contributed by atoms with Gasteiger partial charge in [-0.2, -0.15) is 0 Å². The molecule has 88 valence electrons. The molecule has 0 unspecified atom stereocenters. The van der Waals surface area contributed by atoms with Crippen molar-refractivity contribution in [1.82, 2.24) is 0 Å². The average molecular weight is 275 g/mol. The van der Waals surface area contributed by atoms with Gasteiger partial charge in [0.2, 0.25) is 6.69 Å². The van der Waals surface area contributed by atoms with Gasteiger partial charge in [-0.15, -0.1) is 22.2 Å². The molecule has 0 aromatic heterocycles. The van der Waals surface area contributed by atoms with Gasteiger partial charge in [0.05, 0.1) is 6.61 Å². The van der Waals surface area contributed by atoms with Gasteiger partial charge in [0.15, 0.2) is 0 Å². The van der Waals surface area contributed by atoms with Crippen molar-refractivity contribution in [3.63, 3.8) is 0 Å². The van der Waals surface area contributed by atoms with Crippen LogP contribution in [0.25, 0.3) is 6.08 Å². The molecule has 0 saturated heterocycles. The zero-order chi connectivity index (χ0) is 12.0. The van der Waals surface area contributed by atoms with Crippen molar-refractivity contribution in [2.45, 2.75) is 19.0 Å². The minimum absolute atomic E-state index is 0.662. The maximum Gasteiger partial charge on any atom is 0.248 e. The third kappa shape index (κ3) is 5.59. The van der Waals surface area contributed by atoms with E-state index in [4.69, 9.17) is 26.9 Å². The summed E-state index contributed by atoms with van der Waals surface area (Å²) >= 11 is 12.0. The lowest BCUT2D eigenvalue weighted by molar-refractivity contribution is 0.317. The summed E-state index contributed by atoms with van der Waals surface area (Å²) in [6.07, 6.45) is 2.71. The molecule has 0 amide bonds. The summed E-state index contributed by atoms with van der Waals surface area (Å²) in [6.45, 7) is 4.33. The fraction of sp³-hybridized carbons (Fsp3) is 0.333. The predicted octanol–water partition coefficient (Wildman–Crippen LogP) is 4.65. The lowest BCUT2D eigenvalue weighted by atomic mass is 10.2. The maximum atomic E-state index is 5.99. The van der Waals surface area contributed by atoms with Crippen molar-refractivity contribution in [3.05, 3.63) is 36.4 Å². The topological polar surface area (TPSA) is 9.23 Å². The monoisotopic (exact) mass is 274 g/mol.